The Hall–Kier alpha value is -2.68. The molecular weight excluding hydrogens is 450 g/mol. The normalized spacial score (nSPS) is 15.7. The summed E-state index contributed by atoms with van der Waals surface area (Å²) in [6, 6.07) is 11.5. The summed E-state index contributed by atoms with van der Waals surface area (Å²) in [5.41, 5.74) is 0.568. The summed E-state index contributed by atoms with van der Waals surface area (Å²) in [6.45, 7) is 3.19. The molecule has 1 aliphatic heterocycles. The average Bonchev–Trinajstić information content (AvgIpc) is 2.78. The topological polar surface area (TPSA) is 99.3 Å². The lowest BCUT2D eigenvalue weighted by Gasteiger charge is -2.29. The average molecular weight is 474 g/mol. The Morgan fingerprint density at radius 2 is 1.91 bits per heavy atom. The molecule has 1 fully saturated rings. The highest BCUT2D eigenvalue weighted by Crippen LogP contribution is 2.25. The van der Waals surface area contributed by atoms with Crippen LogP contribution in [0.5, 0.6) is 0 Å². The van der Waals surface area contributed by atoms with Gasteiger partial charge in [-0.2, -0.15) is 4.31 Å². The summed E-state index contributed by atoms with van der Waals surface area (Å²) >= 11 is 6.12. The van der Waals surface area contributed by atoms with Crippen LogP contribution < -0.4 is 10.7 Å². The Bertz CT molecular complexity index is 1330. The maximum Gasteiger partial charge on any atom is 0.257 e. The van der Waals surface area contributed by atoms with E-state index in [4.69, 9.17) is 11.6 Å². The van der Waals surface area contributed by atoms with Gasteiger partial charge in [0.25, 0.3) is 5.91 Å². The minimum Gasteiger partial charge on any atom is -0.360 e. The second kappa shape index (κ2) is 9.05. The summed E-state index contributed by atoms with van der Waals surface area (Å²) in [4.78, 5) is 28.7. The number of pyridine rings is 1. The van der Waals surface area contributed by atoms with E-state index in [1.54, 1.807) is 30.3 Å². The molecule has 2 aromatic carbocycles. The molecule has 1 amide bonds. The zero-order valence-electron chi connectivity index (χ0n) is 17.6. The lowest BCUT2D eigenvalue weighted by molar-refractivity contribution is 0.0949. The smallest absolute Gasteiger partial charge is 0.257 e. The van der Waals surface area contributed by atoms with E-state index in [1.165, 1.54) is 22.6 Å². The first-order valence-electron chi connectivity index (χ1n) is 10.4. The van der Waals surface area contributed by atoms with Crippen LogP contribution in [0, 0.1) is 5.92 Å². The van der Waals surface area contributed by atoms with Crippen LogP contribution in [0.15, 0.2) is 58.4 Å². The number of benzene rings is 2. The van der Waals surface area contributed by atoms with Gasteiger partial charge in [-0.3, -0.25) is 9.59 Å². The first-order chi connectivity index (χ1) is 15.3. The van der Waals surface area contributed by atoms with Crippen molar-refractivity contribution in [3.63, 3.8) is 0 Å². The third kappa shape index (κ3) is 4.44. The molecule has 0 unspecified atom stereocenters. The minimum atomic E-state index is -3.71. The molecule has 2 heterocycles. The zero-order chi connectivity index (χ0) is 22.9. The summed E-state index contributed by atoms with van der Waals surface area (Å²) < 4.78 is 27.6. The van der Waals surface area contributed by atoms with Gasteiger partial charge < -0.3 is 10.3 Å². The number of sulfonamides is 1. The Morgan fingerprint density at radius 3 is 2.62 bits per heavy atom. The number of halogens is 1. The third-order valence-corrected chi connectivity index (χ3v) is 8.14. The lowest BCUT2D eigenvalue weighted by atomic mass is 10.0. The summed E-state index contributed by atoms with van der Waals surface area (Å²) in [5, 5.41) is 3.36. The zero-order valence-corrected chi connectivity index (χ0v) is 19.2. The second-order valence-corrected chi connectivity index (χ2v) is 10.4. The predicted molar refractivity (Wildman–Crippen MR) is 124 cm³/mol. The number of aromatic amines is 1. The Labute approximate surface area is 191 Å². The Morgan fingerprint density at radius 1 is 1.19 bits per heavy atom. The molecule has 1 saturated heterocycles. The molecule has 0 aliphatic carbocycles. The van der Waals surface area contributed by atoms with Gasteiger partial charge in [-0.15, -0.1) is 0 Å². The number of fused-ring (bicyclic) bond motifs is 1. The SMILES string of the molecule is CC1CCN(S(=O)(=O)c2ccc3[nH]cc(C(=O)NCc4ccccc4Cl)c(=O)c3c2)CC1. The first-order valence-corrected chi connectivity index (χ1v) is 12.3. The van der Waals surface area contributed by atoms with Crippen LogP contribution in [0.2, 0.25) is 5.02 Å². The second-order valence-electron chi connectivity index (χ2n) is 8.10. The molecule has 9 heteroatoms. The largest absolute Gasteiger partial charge is 0.360 e. The number of aromatic nitrogens is 1. The van der Waals surface area contributed by atoms with E-state index in [-0.39, 0.29) is 22.4 Å². The molecule has 1 aromatic heterocycles. The van der Waals surface area contributed by atoms with Gasteiger partial charge in [0.2, 0.25) is 15.5 Å². The van der Waals surface area contributed by atoms with E-state index in [1.807, 2.05) is 0 Å². The van der Waals surface area contributed by atoms with Crippen LogP contribution in [-0.2, 0) is 16.6 Å². The fourth-order valence-corrected chi connectivity index (χ4v) is 5.51. The van der Waals surface area contributed by atoms with E-state index in [0.717, 1.165) is 18.4 Å². The Balaban J connectivity index is 1.62. The molecule has 0 radical (unpaired) electrons. The number of nitrogens with zero attached hydrogens (tertiary/aromatic N) is 1. The van der Waals surface area contributed by atoms with Crippen LogP contribution in [0.1, 0.15) is 35.7 Å². The quantitative estimate of drug-likeness (QED) is 0.592. The van der Waals surface area contributed by atoms with Gasteiger partial charge >= 0.3 is 0 Å². The maximum atomic E-state index is 13.1. The van der Waals surface area contributed by atoms with Gasteiger partial charge in [0.15, 0.2) is 0 Å². The number of H-pyrrole nitrogens is 1. The van der Waals surface area contributed by atoms with E-state index in [9.17, 15) is 18.0 Å². The fourth-order valence-electron chi connectivity index (χ4n) is 3.81. The molecule has 7 nitrogen and oxygen atoms in total. The van der Waals surface area contributed by atoms with Crippen LogP contribution in [0.25, 0.3) is 10.9 Å². The standard InChI is InChI=1S/C23H24ClN3O4S/c1-15-8-10-27(11-9-15)32(30,31)17-6-7-21-18(12-17)22(28)19(14-25-21)23(29)26-13-16-4-2-3-5-20(16)24/h2-7,12,14-15H,8-11,13H2,1H3,(H,25,28)(H,26,29). The highest BCUT2D eigenvalue weighted by atomic mass is 35.5. The van der Waals surface area contributed by atoms with Gasteiger partial charge in [-0.25, -0.2) is 8.42 Å². The number of piperidine rings is 1. The van der Waals surface area contributed by atoms with Crippen molar-refractivity contribution < 1.29 is 13.2 Å². The van der Waals surface area contributed by atoms with E-state index in [2.05, 4.69) is 17.2 Å². The molecule has 168 valence electrons. The van der Waals surface area contributed by atoms with Gasteiger partial charge in [-0.1, -0.05) is 36.7 Å². The molecule has 32 heavy (non-hydrogen) atoms. The van der Waals surface area contributed by atoms with Crippen LogP contribution in [-0.4, -0.2) is 36.7 Å². The van der Waals surface area contributed by atoms with Gasteiger partial charge in [0, 0.05) is 41.8 Å². The number of rotatable bonds is 5. The van der Waals surface area contributed by atoms with Crippen molar-refractivity contribution in [2.24, 2.45) is 5.92 Å². The summed E-state index contributed by atoms with van der Waals surface area (Å²) in [6.07, 6.45) is 2.96. The maximum absolute atomic E-state index is 13.1. The van der Waals surface area contributed by atoms with E-state index in [0.29, 0.717) is 29.5 Å². The molecule has 0 spiro atoms. The number of carbonyl (C=O) groups excluding carboxylic acids is 1. The molecule has 3 aromatic rings. The van der Waals surface area contributed by atoms with Crippen molar-refractivity contribution >= 4 is 38.4 Å². The number of carbonyl (C=O) groups is 1. The lowest BCUT2D eigenvalue weighted by Crippen LogP contribution is -2.37. The Kier molecular flexibility index (Phi) is 6.37. The number of amides is 1. The molecular formula is C23H24ClN3O4S. The third-order valence-electron chi connectivity index (χ3n) is 5.87. The molecule has 0 saturated carbocycles. The first kappa shape index (κ1) is 22.5. The molecule has 0 bridgehead atoms. The molecule has 0 atom stereocenters. The van der Waals surface area contributed by atoms with Crippen molar-refractivity contribution in [2.75, 3.05) is 13.1 Å². The molecule has 2 N–H and O–H groups in total. The van der Waals surface area contributed by atoms with Crippen LogP contribution >= 0.6 is 11.6 Å². The van der Waals surface area contributed by atoms with Gasteiger partial charge in [0.1, 0.15) is 5.56 Å². The van der Waals surface area contributed by atoms with Crippen molar-refractivity contribution in [3.8, 4) is 0 Å². The highest BCUT2D eigenvalue weighted by Gasteiger charge is 2.28. The van der Waals surface area contributed by atoms with Gasteiger partial charge in [-0.05, 0) is 48.6 Å². The molecule has 1 aliphatic rings. The predicted octanol–water partition coefficient (Wildman–Crippen LogP) is 3.53. The highest BCUT2D eigenvalue weighted by molar-refractivity contribution is 7.89. The minimum absolute atomic E-state index is 0.0543. The molecule has 4 rings (SSSR count). The van der Waals surface area contributed by atoms with Crippen molar-refractivity contribution in [1.29, 1.82) is 0 Å². The van der Waals surface area contributed by atoms with Crippen LogP contribution in [0.4, 0.5) is 0 Å². The number of hydrogen-bond acceptors (Lipinski definition) is 4. The van der Waals surface area contributed by atoms with Crippen molar-refractivity contribution in [2.45, 2.75) is 31.2 Å². The monoisotopic (exact) mass is 473 g/mol. The fraction of sp³-hybridized carbons (Fsp3) is 0.304. The van der Waals surface area contributed by atoms with E-state index >= 15 is 0 Å². The summed E-state index contributed by atoms with van der Waals surface area (Å²) in [7, 11) is -3.71. The van der Waals surface area contributed by atoms with E-state index < -0.39 is 21.4 Å². The summed E-state index contributed by atoms with van der Waals surface area (Å²) in [5.74, 6) is -0.0703. The van der Waals surface area contributed by atoms with Crippen molar-refractivity contribution in [1.82, 2.24) is 14.6 Å². The number of nitrogens with one attached hydrogen (secondary N) is 2. The van der Waals surface area contributed by atoms with Crippen LogP contribution in [0.3, 0.4) is 0 Å². The number of hydrogen-bond donors (Lipinski definition) is 2. The van der Waals surface area contributed by atoms with Gasteiger partial charge in [0.05, 0.1) is 4.90 Å². The van der Waals surface area contributed by atoms with Crippen molar-refractivity contribution in [3.05, 3.63) is 75.0 Å².